The van der Waals surface area contributed by atoms with E-state index in [1.54, 1.807) is 0 Å². The number of carbonyl (C=O) groups is 1. The first kappa shape index (κ1) is 14.2. The SMILES string of the molecule is COc1ccc(C(=O)C(F)(F)Cl)c(OC)c1Br. The van der Waals surface area contributed by atoms with E-state index in [-0.39, 0.29) is 15.8 Å². The number of Topliss-reactive ketones (excluding diaryl/α,β-unsaturated/α-hetero) is 1. The lowest BCUT2D eigenvalue weighted by molar-refractivity contribution is 0.0533. The summed E-state index contributed by atoms with van der Waals surface area (Å²) in [6.07, 6.45) is 0. The molecule has 0 saturated carbocycles. The zero-order valence-electron chi connectivity index (χ0n) is 8.89. The third kappa shape index (κ3) is 2.87. The van der Waals surface area contributed by atoms with E-state index >= 15 is 0 Å². The van der Waals surface area contributed by atoms with Crippen molar-refractivity contribution in [1.29, 1.82) is 0 Å². The normalized spacial score (nSPS) is 11.2. The van der Waals surface area contributed by atoms with Crippen molar-refractivity contribution in [2.24, 2.45) is 0 Å². The first-order valence-electron chi connectivity index (χ1n) is 4.35. The van der Waals surface area contributed by atoms with Gasteiger partial charge < -0.3 is 9.47 Å². The standard InChI is InChI=1S/C10H8BrClF2O3/c1-16-6-4-3-5(8(17-2)7(6)11)9(15)10(12,13)14/h3-4H,1-2H3. The summed E-state index contributed by atoms with van der Waals surface area (Å²) < 4.78 is 35.6. The van der Waals surface area contributed by atoms with Gasteiger partial charge in [0.1, 0.15) is 16.0 Å². The van der Waals surface area contributed by atoms with Crippen molar-refractivity contribution in [3.8, 4) is 11.5 Å². The minimum atomic E-state index is -3.97. The molecule has 94 valence electrons. The maximum absolute atomic E-state index is 12.7. The van der Waals surface area contributed by atoms with E-state index in [9.17, 15) is 13.6 Å². The van der Waals surface area contributed by atoms with E-state index in [1.165, 1.54) is 26.4 Å². The van der Waals surface area contributed by atoms with Crippen molar-refractivity contribution in [1.82, 2.24) is 0 Å². The highest BCUT2D eigenvalue weighted by Gasteiger charge is 2.39. The summed E-state index contributed by atoms with van der Waals surface area (Å²) in [6.45, 7) is 0. The molecule has 3 nitrogen and oxygen atoms in total. The zero-order valence-corrected chi connectivity index (χ0v) is 11.2. The van der Waals surface area contributed by atoms with Gasteiger partial charge >= 0.3 is 5.38 Å². The fraction of sp³-hybridized carbons (Fsp3) is 0.300. The third-order valence-corrected chi connectivity index (χ3v) is 2.91. The number of carbonyl (C=O) groups excluding carboxylic acids is 1. The van der Waals surface area contributed by atoms with Crippen molar-refractivity contribution >= 4 is 33.3 Å². The van der Waals surface area contributed by atoms with Crippen LogP contribution in [0.4, 0.5) is 8.78 Å². The van der Waals surface area contributed by atoms with E-state index in [4.69, 9.17) is 9.47 Å². The van der Waals surface area contributed by atoms with Crippen molar-refractivity contribution in [3.05, 3.63) is 22.2 Å². The van der Waals surface area contributed by atoms with Gasteiger partial charge in [0, 0.05) is 0 Å². The lowest BCUT2D eigenvalue weighted by Gasteiger charge is -2.14. The predicted molar refractivity (Wildman–Crippen MR) is 62.4 cm³/mol. The Balaban J connectivity index is 3.36. The van der Waals surface area contributed by atoms with Crippen molar-refractivity contribution in [2.75, 3.05) is 14.2 Å². The summed E-state index contributed by atoms with van der Waals surface area (Å²) in [5.41, 5.74) is -0.319. The van der Waals surface area contributed by atoms with Crippen LogP contribution in [0.15, 0.2) is 16.6 Å². The largest absolute Gasteiger partial charge is 0.495 e. The number of methoxy groups -OCH3 is 2. The number of benzene rings is 1. The summed E-state index contributed by atoms with van der Waals surface area (Å²) in [5.74, 6) is -1.22. The number of hydrogen-bond donors (Lipinski definition) is 0. The van der Waals surface area contributed by atoms with E-state index in [0.717, 1.165) is 0 Å². The predicted octanol–water partition coefficient (Wildman–Crippen LogP) is 3.48. The van der Waals surface area contributed by atoms with E-state index < -0.39 is 11.2 Å². The molecule has 1 rings (SSSR count). The van der Waals surface area contributed by atoms with Gasteiger partial charge in [-0.05, 0) is 39.7 Å². The van der Waals surface area contributed by atoms with E-state index in [0.29, 0.717) is 5.75 Å². The van der Waals surface area contributed by atoms with Crippen molar-refractivity contribution < 1.29 is 23.0 Å². The highest BCUT2D eigenvalue weighted by molar-refractivity contribution is 9.10. The van der Waals surface area contributed by atoms with Gasteiger partial charge in [-0.1, -0.05) is 0 Å². The Morgan fingerprint density at radius 1 is 1.35 bits per heavy atom. The molecule has 0 bridgehead atoms. The smallest absolute Gasteiger partial charge is 0.385 e. The molecule has 0 spiro atoms. The zero-order chi connectivity index (χ0) is 13.2. The van der Waals surface area contributed by atoms with Crippen molar-refractivity contribution in [2.45, 2.75) is 5.38 Å². The average molecular weight is 330 g/mol. The Hall–Kier alpha value is -0.880. The monoisotopic (exact) mass is 328 g/mol. The van der Waals surface area contributed by atoms with Crippen molar-refractivity contribution in [3.63, 3.8) is 0 Å². The minimum absolute atomic E-state index is 0.0466. The summed E-state index contributed by atoms with van der Waals surface area (Å²) in [5, 5.41) is -3.97. The number of ketones is 1. The molecule has 0 aliphatic heterocycles. The van der Waals surface area contributed by atoms with Crippen LogP contribution in [0.5, 0.6) is 11.5 Å². The van der Waals surface area contributed by atoms with Gasteiger partial charge in [0.15, 0.2) is 0 Å². The van der Waals surface area contributed by atoms with E-state index in [2.05, 4.69) is 27.5 Å². The second-order valence-corrected chi connectivity index (χ2v) is 4.26. The summed E-state index contributed by atoms with van der Waals surface area (Å²) >= 11 is 7.79. The van der Waals surface area contributed by atoms with Gasteiger partial charge in [0.05, 0.1) is 19.8 Å². The lowest BCUT2D eigenvalue weighted by atomic mass is 10.1. The maximum atomic E-state index is 12.7. The van der Waals surface area contributed by atoms with Crippen LogP contribution in [0.1, 0.15) is 10.4 Å². The van der Waals surface area contributed by atoms with Crippen LogP contribution in [-0.2, 0) is 0 Å². The van der Waals surface area contributed by atoms with Crippen LogP contribution in [0.25, 0.3) is 0 Å². The van der Waals surface area contributed by atoms with Crippen LogP contribution in [0.3, 0.4) is 0 Å². The van der Waals surface area contributed by atoms with Crippen LogP contribution in [0, 0.1) is 0 Å². The van der Waals surface area contributed by atoms with Crippen LogP contribution in [0.2, 0.25) is 0 Å². The molecule has 0 saturated heterocycles. The van der Waals surface area contributed by atoms with Gasteiger partial charge in [-0.15, -0.1) is 0 Å². The Labute approximate surface area is 110 Å². The average Bonchev–Trinajstić information content (AvgIpc) is 2.26. The highest BCUT2D eigenvalue weighted by atomic mass is 79.9. The van der Waals surface area contributed by atoms with Gasteiger partial charge in [-0.25, -0.2) is 0 Å². The number of alkyl halides is 3. The molecular weight excluding hydrogens is 321 g/mol. The number of halogens is 4. The van der Waals surface area contributed by atoms with Crippen LogP contribution in [-0.4, -0.2) is 25.4 Å². The molecule has 0 fully saturated rings. The van der Waals surface area contributed by atoms with Crippen LogP contribution >= 0.6 is 27.5 Å². The van der Waals surface area contributed by atoms with Gasteiger partial charge in [-0.2, -0.15) is 8.78 Å². The van der Waals surface area contributed by atoms with Gasteiger partial charge in [-0.3, -0.25) is 4.79 Å². The quantitative estimate of drug-likeness (QED) is 0.627. The molecule has 17 heavy (non-hydrogen) atoms. The second kappa shape index (κ2) is 5.18. The summed E-state index contributed by atoms with van der Waals surface area (Å²) in [6, 6.07) is 2.53. The molecule has 0 amide bonds. The molecule has 1 aromatic carbocycles. The fourth-order valence-electron chi connectivity index (χ4n) is 1.23. The number of rotatable bonds is 4. The molecule has 0 radical (unpaired) electrons. The summed E-state index contributed by atoms with van der Waals surface area (Å²) in [4.78, 5) is 11.4. The molecule has 0 atom stereocenters. The Morgan fingerprint density at radius 3 is 2.35 bits per heavy atom. The maximum Gasteiger partial charge on any atom is 0.385 e. The Kier molecular flexibility index (Phi) is 4.32. The van der Waals surface area contributed by atoms with Gasteiger partial charge in [0.2, 0.25) is 0 Å². The third-order valence-electron chi connectivity index (χ3n) is 1.99. The highest BCUT2D eigenvalue weighted by Crippen LogP contribution is 2.39. The molecule has 0 aromatic heterocycles. The van der Waals surface area contributed by atoms with Gasteiger partial charge in [0.25, 0.3) is 5.78 Å². The summed E-state index contributed by atoms with van der Waals surface area (Å²) in [7, 11) is 2.65. The topological polar surface area (TPSA) is 35.5 Å². The molecule has 0 aliphatic carbocycles. The molecule has 0 aliphatic rings. The fourth-order valence-corrected chi connectivity index (χ4v) is 2.00. The number of hydrogen-bond acceptors (Lipinski definition) is 3. The molecular formula is C10H8BrClF2O3. The second-order valence-electron chi connectivity index (χ2n) is 2.99. The first-order valence-corrected chi connectivity index (χ1v) is 5.52. The van der Waals surface area contributed by atoms with E-state index in [1.807, 2.05) is 0 Å². The molecule has 0 unspecified atom stereocenters. The first-order chi connectivity index (χ1) is 7.82. The minimum Gasteiger partial charge on any atom is -0.495 e. The Morgan fingerprint density at radius 2 is 1.94 bits per heavy atom. The molecule has 1 aromatic rings. The lowest BCUT2D eigenvalue weighted by Crippen LogP contribution is -2.22. The molecule has 7 heteroatoms. The Bertz CT molecular complexity index is 446. The van der Waals surface area contributed by atoms with Crippen LogP contribution < -0.4 is 9.47 Å². The number of ether oxygens (including phenoxy) is 2. The molecule has 0 N–H and O–H groups in total. The molecule has 0 heterocycles.